The van der Waals surface area contributed by atoms with Crippen molar-refractivity contribution in [2.24, 2.45) is 5.92 Å². The minimum absolute atomic E-state index is 0.182. The summed E-state index contributed by atoms with van der Waals surface area (Å²) in [5.41, 5.74) is 0. The van der Waals surface area contributed by atoms with Crippen LogP contribution in [0.15, 0.2) is 0 Å². The quantitative estimate of drug-likeness (QED) is 0.832. The van der Waals surface area contributed by atoms with E-state index in [9.17, 15) is 4.79 Å². The van der Waals surface area contributed by atoms with Crippen LogP contribution in [0.25, 0.3) is 0 Å². The standard InChI is InChI=1S/C16H29N3O2/c1-13-11-19(9-10-21-13)16(20)12-18-7-4-14(5-8-18)15-3-2-6-17-15/h13-15,17H,2-12H2,1H3. The van der Waals surface area contributed by atoms with Gasteiger partial charge in [-0.2, -0.15) is 0 Å². The molecule has 3 aliphatic heterocycles. The average Bonchev–Trinajstić information content (AvgIpc) is 3.02. The van der Waals surface area contributed by atoms with E-state index in [-0.39, 0.29) is 12.0 Å². The molecule has 0 aromatic rings. The van der Waals surface area contributed by atoms with Crippen molar-refractivity contribution in [1.82, 2.24) is 15.1 Å². The number of nitrogens with one attached hydrogen (secondary N) is 1. The van der Waals surface area contributed by atoms with Crippen molar-refractivity contribution in [3.05, 3.63) is 0 Å². The molecule has 3 heterocycles. The molecule has 0 aromatic heterocycles. The molecule has 3 aliphatic rings. The van der Waals surface area contributed by atoms with Crippen LogP contribution >= 0.6 is 0 Å². The predicted molar refractivity (Wildman–Crippen MR) is 82.2 cm³/mol. The van der Waals surface area contributed by atoms with Gasteiger partial charge >= 0.3 is 0 Å². The molecule has 2 atom stereocenters. The number of rotatable bonds is 3. The van der Waals surface area contributed by atoms with E-state index in [1.54, 1.807) is 0 Å². The second-order valence-corrected chi connectivity index (χ2v) is 6.84. The number of morpholine rings is 1. The maximum absolute atomic E-state index is 12.4. The fraction of sp³-hybridized carbons (Fsp3) is 0.938. The first-order chi connectivity index (χ1) is 10.2. The lowest BCUT2D eigenvalue weighted by Crippen LogP contribution is -2.50. The largest absolute Gasteiger partial charge is 0.375 e. The van der Waals surface area contributed by atoms with Gasteiger partial charge in [-0.05, 0) is 58.2 Å². The maximum Gasteiger partial charge on any atom is 0.236 e. The first-order valence-electron chi connectivity index (χ1n) is 8.57. The van der Waals surface area contributed by atoms with Crippen LogP contribution in [0.3, 0.4) is 0 Å². The summed E-state index contributed by atoms with van der Waals surface area (Å²) >= 11 is 0. The van der Waals surface area contributed by atoms with Crippen molar-refractivity contribution in [1.29, 1.82) is 0 Å². The van der Waals surface area contributed by atoms with E-state index in [0.717, 1.165) is 38.1 Å². The summed E-state index contributed by atoms with van der Waals surface area (Å²) in [4.78, 5) is 16.7. The Morgan fingerprint density at radius 1 is 1.24 bits per heavy atom. The number of piperidine rings is 1. The second kappa shape index (κ2) is 7.07. The maximum atomic E-state index is 12.4. The molecule has 120 valence electrons. The van der Waals surface area contributed by atoms with Gasteiger partial charge in [0.2, 0.25) is 5.91 Å². The SMILES string of the molecule is CC1CN(C(=O)CN2CCC(C3CCCN3)CC2)CCO1. The summed E-state index contributed by atoms with van der Waals surface area (Å²) in [5, 5.41) is 3.63. The van der Waals surface area contributed by atoms with Crippen LogP contribution in [0.2, 0.25) is 0 Å². The van der Waals surface area contributed by atoms with E-state index in [1.807, 2.05) is 11.8 Å². The van der Waals surface area contributed by atoms with Crippen LogP contribution < -0.4 is 5.32 Å². The summed E-state index contributed by atoms with van der Waals surface area (Å²) in [6, 6.07) is 0.739. The molecule has 0 aliphatic carbocycles. The lowest BCUT2D eigenvalue weighted by atomic mass is 9.88. The van der Waals surface area contributed by atoms with Gasteiger partial charge < -0.3 is 15.0 Å². The normalized spacial score (nSPS) is 32.5. The average molecular weight is 295 g/mol. The number of likely N-dealkylation sites (tertiary alicyclic amines) is 1. The fourth-order valence-electron chi connectivity index (χ4n) is 3.96. The molecule has 3 fully saturated rings. The minimum atomic E-state index is 0.182. The van der Waals surface area contributed by atoms with Gasteiger partial charge in [0.05, 0.1) is 19.3 Å². The number of ether oxygens (including phenoxy) is 1. The molecule has 1 amide bonds. The van der Waals surface area contributed by atoms with Gasteiger partial charge in [0.15, 0.2) is 0 Å². The monoisotopic (exact) mass is 295 g/mol. The molecule has 3 saturated heterocycles. The number of nitrogens with zero attached hydrogens (tertiary/aromatic N) is 2. The topological polar surface area (TPSA) is 44.8 Å². The van der Waals surface area contributed by atoms with Crippen LogP contribution in [0.1, 0.15) is 32.6 Å². The van der Waals surface area contributed by atoms with E-state index in [2.05, 4.69) is 10.2 Å². The van der Waals surface area contributed by atoms with Gasteiger partial charge in [0.25, 0.3) is 0 Å². The predicted octanol–water partition coefficient (Wildman–Crippen LogP) is 0.698. The molecule has 0 saturated carbocycles. The molecule has 0 radical (unpaired) electrons. The van der Waals surface area contributed by atoms with Crippen molar-refractivity contribution in [3.63, 3.8) is 0 Å². The summed E-state index contributed by atoms with van der Waals surface area (Å²) in [5.74, 6) is 1.10. The van der Waals surface area contributed by atoms with Crippen molar-refractivity contribution >= 4 is 5.91 Å². The first kappa shape index (κ1) is 15.3. The molecule has 1 N–H and O–H groups in total. The zero-order valence-corrected chi connectivity index (χ0v) is 13.2. The zero-order chi connectivity index (χ0) is 14.7. The minimum Gasteiger partial charge on any atom is -0.375 e. The molecule has 5 nitrogen and oxygen atoms in total. The summed E-state index contributed by atoms with van der Waals surface area (Å²) in [6.07, 6.45) is 5.34. The van der Waals surface area contributed by atoms with Crippen molar-refractivity contribution in [3.8, 4) is 0 Å². The van der Waals surface area contributed by atoms with Gasteiger partial charge in [-0.25, -0.2) is 0 Å². The van der Waals surface area contributed by atoms with Gasteiger partial charge in [-0.3, -0.25) is 9.69 Å². The zero-order valence-electron chi connectivity index (χ0n) is 13.2. The Bertz CT molecular complexity index is 349. The third-order valence-corrected chi connectivity index (χ3v) is 5.25. The van der Waals surface area contributed by atoms with E-state index in [4.69, 9.17) is 4.74 Å². The highest BCUT2D eigenvalue weighted by atomic mass is 16.5. The van der Waals surface area contributed by atoms with E-state index in [0.29, 0.717) is 13.2 Å². The Labute approximate surface area is 128 Å². The van der Waals surface area contributed by atoms with Gasteiger partial charge in [0, 0.05) is 19.1 Å². The summed E-state index contributed by atoms with van der Waals surface area (Å²) in [6.45, 7) is 8.17. The third kappa shape index (κ3) is 3.96. The number of carbonyl (C=O) groups excluding carboxylic acids is 1. The summed E-state index contributed by atoms with van der Waals surface area (Å²) in [7, 11) is 0. The van der Waals surface area contributed by atoms with Crippen molar-refractivity contribution < 1.29 is 9.53 Å². The Morgan fingerprint density at radius 3 is 2.71 bits per heavy atom. The van der Waals surface area contributed by atoms with Crippen LogP contribution in [-0.4, -0.2) is 73.7 Å². The highest BCUT2D eigenvalue weighted by Crippen LogP contribution is 2.25. The van der Waals surface area contributed by atoms with Gasteiger partial charge in [-0.15, -0.1) is 0 Å². The van der Waals surface area contributed by atoms with Gasteiger partial charge in [-0.1, -0.05) is 0 Å². The van der Waals surface area contributed by atoms with Crippen LogP contribution in [0, 0.1) is 5.92 Å². The number of amides is 1. The molecule has 0 bridgehead atoms. The smallest absolute Gasteiger partial charge is 0.236 e. The summed E-state index contributed by atoms with van der Waals surface area (Å²) < 4.78 is 5.50. The third-order valence-electron chi connectivity index (χ3n) is 5.25. The van der Waals surface area contributed by atoms with E-state index >= 15 is 0 Å². The van der Waals surface area contributed by atoms with Crippen molar-refractivity contribution in [2.45, 2.75) is 44.8 Å². The number of hydrogen-bond acceptors (Lipinski definition) is 4. The molecule has 0 aromatic carbocycles. The second-order valence-electron chi connectivity index (χ2n) is 6.84. The highest BCUT2D eigenvalue weighted by Gasteiger charge is 2.30. The highest BCUT2D eigenvalue weighted by molar-refractivity contribution is 5.78. The molecule has 21 heavy (non-hydrogen) atoms. The molecule has 0 spiro atoms. The number of carbonyl (C=O) groups is 1. The van der Waals surface area contributed by atoms with Gasteiger partial charge in [0.1, 0.15) is 0 Å². The molecule has 2 unspecified atom stereocenters. The lowest BCUT2D eigenvalue weighted by molar-refractivity contribution is -0.139. The van der Waals surface area contributed by atoms with Crippen LogP contribution in [0.5, 0.6) is 0 Å². The number of hydrogen-bond donors (Lipinski definition) is 1. The van der Waals surface area contributed by atoms with Crippen LogP contribution in [-0.2, 0) is 9.53 Å². The Kier molecular flexibility index (Phi) is 5.14. The first-order valence-corrected chi connectivity index (χ1v) is 8.57. The Hall–Kier alpha value is -0.650. The molecular formula is C16H29N3O2. The molecular weight excluding hydrogens is 266 g/mol. The Morgan fingerprint density at radius 2 is 2.05 bits per heavy atom. The molecule has 5 heteroatoms. The lowest BCUT2D eigenvalue weighted by Gasteiger charge is -2.37. The van der Waals surface area contributed by atoms with Crippen LogP contribution in [0.4, 0.5) is 0 Å². The van der Waals surface area contributed by atoms with E-state index in [1.165, 1.54) is 32.2 Å². The van der Waals surface area contributed by atoms with Crippen molar-refractivity contribution in [2.75, 3.05) is 45.9 Å². The molecule has 3 rings (SSSR count). The Balaban J connectivity index is 1.41. The fourth-order valence-corrected chi connectivity index (χ4v) is 3.96. The van der Waals surface area contributed by atoms with E-state index < -0.39 is 0 Å².